The molecule has 6 heterocycles. The van der Waals surface area contributed by atoms with Crippen molar-refractivity contribution < 1.29 is 0 Å². The average Bonchev–Trinajstić information content (AvgIpc) is 1.57. The Hall–Kier alpha value is -16.7. The van der Waals surface area contributed by atoms with E-state index in [9.17, 15) is 0 Å². The summed E-state index contributed by atoms with van der Waals surface area (Å²) in [5.41, 5.74) is 34.4. The fourth-order valence-corrected chi connectivity index (χ4v) is 18.5. The first kappa shape index (κ1) is 72.5. The van der Waals surface area contributed by atoms with Crippen LogP contribution in [0.25, 0.3) is 222 Å². The molecular formula is C116H76N8. The van der Waals surface area contributed by atoms with E-state index in [1.54, 1.807) is 0 Å². The molecule has 6 aromatic heterocycles. The van der Waals surface area contributed by atoms with E-state index in [0.29, 0.717) is 11.9 Å². The van der Waals surface area contributed by atoms with Gasteiger partial charge in [-0.25, -0.2) is 19.9 Å². The lowest BCUT2D eigenvalue weighted by atomic mass is 9.91. The van der Waals surface area contributed by atoms with Crippen molar-refractivity contribution in [1.82, 2.24) is 38.2 Å². The van der Waals surface area contributed by atoms with Gasteiger partial charge in [0.15, 0.2) is 0 Å². The normalized spacial score (nSPS) is 11.5. The van der Waals surface area contributed by atoms with E-state index in [1.165, 1.54) is 138 Å². The van der Waals surface area contributed by atoms with Crippen molar-refractivity contribution in [1.29, 1.82) is 0 Å². The molecule has 0 unspecified atom stereocenters. The van der Waals surface area contributed by atoms with Crippen LogP contribution in [0.15, 0.2) is 462 Å². The minimum absolute atomic E-state index is 0.640. The van der Waals surface area contributed by atoms with Crippen LogP contribution in [0.4, 0.5) is 0 Å². The number of nitrogens with zero attached hydrogens (tertiary/aromatic N) is 8. The zero-order valence-corrected chi connectivity index (χ0v) is 67.5. The summed E-state index contributed by atoms with van der Waals surface area (Å²) in [6, 6.07) is 156. The topological polar surface area (TPSA) is 71.3 Å². The van der Waals surface area contributed by atoms with Crippen LogP contribution in [0.3, 0.4) is 0 Å². The molecule has 18 aromatic carbocycles. The molecule has 0 amide bonds. The standard InChI is InChI=1S/2C58H38N4/c1-4-14-41(15-5-1)48-31-28-43(34-51(48)42-16-6-2-7-17-42)39-24-26-40(27-25-39)46-37-59-58(60-38-46)62-55-23-13-11-21-50(55)53-36-45(30-33-57(53)62)44-29-32-56-52(35-44)49-20-10-12-22-54(49)61(56)47-18-8-3-9-19-47;1-4-14-39(15-5-1)40-24-26-42(27-25-40)48-31-28-45(34-51(48)41-16-6-2-7-17-41)46-37-59-58(60-38-46)62-55-23-13-11-21-50(55)53-36-44(30-33-57(53)62)43-29-32-56-52(35-43)49-20-10-12-22-54(49)61(56)47-18-8-3-9-19-47/h2*1-38H. The first-order valence-corrected chi connectivity index (χ1v) is 42.1. The Morgan fingerprint density at radius 1 is 0.129 bits per heavy atom. The Morgan fingerprint density at radius 3 is 0.694 bits per heavy atom. The molecule has 580 valence electrons. The maximum Gasteiger partial charge on any atom is 0.234 e. The molecule has 124 heavy (non-hydrogen) atoms. The van der Waals surface area contributed by atoms with E-state index in [2.05, 4.69) is 455 Å². The first-order valence-electron chi connectivity index (χ1n) is 42.1. The predicted octanol–water partition coefficient (Wildman–Crippen LogP) is 30.0. The number of fused-ring (bicyclic) bond motifs is 12. The average molecular weight is 1580 g/mol. The van der Waals surface area contributed by atoms with Gasteiger partial charge < -0.3 is 9.13 Å². The molecular weight excluding hydrogens is 1510 g/mol. The largest absolute Gasteiger partial charge is 0.309 e. The van der Waals surface area contributed by atoms with Crippen molar-refractivity contribution >= 4 is 87.2 Å². The summed E-state index contributed by atoms with van der Waals surface area (Å²) in [4.78, 5) is 20.0. The molecule has 0 saturated heterocycles. The molecule has 0 aliphatic carbocycles. The highest BCUT2D eigenvalue weighted by molar-refractivity contribution is 6.15. The number of benzene rings is 18. The second-order valence-electron chi connectivity index (χ2n) is 31.7. The van der Waals surface area contributed by atoms with Crippen LogP contribution in [0.1, 0.15) is 0 Å². The molecule has 0 aliphatic heterocycles. The molecule has 0 bridgehead atoms. The molecule has 24 rings (SSSR count). The second kappa shape index (κ2) is 30.9. The summed E-state index contributed by atoms with van der Waals surface area (Å²) in [7, 11) is 0. The zero-order valence-electron chi connectivity index (χ0n) is 67.5. The van der Waals surface area contributed by atoms with Crippen LogP contribution in [0.5, 0.6) is 0 Å². The van der Waals surface area contributed by atoms with E-state index < -0.39 is 0 Å². The summed E-state index contributed by atoms with van der Waals surface area (Å²) >= 11 is 0. The van der Waals surface area contributed by atoms with Crippen molar-refractivity contribution in [3.8, 4) is 135 Å². The molecule has 24 aromatic rings. The van der Waals surface area contributed by atoms with E-state index in [4.69, 9.17) is 19.9 Å². The fourth-order valence-electron chi connectivity index (χ4n) is 18.5. The minimum Gasteiger partial charge on any atom is -0.309 e. The summed E-state index contributed by atoms with van der Waals surface area (Å²) < 4.78 is 9.09. The van der Waals surface area contributed by atoms with E-state index in [1.807, 2.05) is 24.8 Å². The Morgan fingerprint density at radius 2 is 0.339 bits per heavy atom. The van der Waals surface area contributed by atoms with Crippen molar-refractivity contribution in [2.75, 3.05) is 0 Å². The lowest BCUT2D eigenvalue weighted by Gasteiger charge is -2.14. The van der Waals surface area contributed by atoms with Crippen LogP contribution in [0, 0.1) is 0 Å². The molecule has 0 N–H and O–H groups in total. The monoisotopic (exact) mass is 1580 g/mol. The summed E-state index contributed by atoms with van der Waals surface area (Å²) in [5.74, 6) is 1.28. The summed E-state index contributed by atoms with van der Waals surface area (Å²) in [6.07, 6.45) is 7.79. The van der Waals surface area contributed by atoms with Gasteiger partial charge in [0.25, 0.3) is 0 Å². The van der Waals surface area contributed by atoms with Crippen LogP contribution < -0.4 is 0 Å². The smallest absolute Gasteiger partial charge is 0.234 e. The highest BCUT2D eigenvalue weighted by atomic mass is 15.2. The first-order chi connectivity index (χ1) is 61.5. The van der Waals surface area contributed by atoms with Crippen LogP contribution >= 0.6 is 0 Å². The van der Waals surface area contributed by atoms with Gasteiger partial charge in [-0.3, -0.25) is 9.13 Å². The van der Waals surface area contributed by atoms with Crippen molar-refractivity contribution in [2.45, 2.75) is 0 Å². The third kappa shape index (κ3) is 13.0. The zero-order chi connectivity index (χ0) is 82.0. The van der Waals surface area contributed by atoms with Crippen molar-refractivity contribution in [2.24, 2.45) is 0 Å². The number of hydrogen-bond acceptors (Lipinski definition) is 4. The molecule has 0 radical (unpaired) electrons. The number of rotatable bonds is 14. The summed E-state index contributed by atoms with van der Waals surface area (Å²) in [5, 5.41) is 9.63. The van der Waals surface area contributed by atoms with E-state index in [0.717, 1.165) is 72.2 Å². The Bertz CT molecular complexity index is 8140. The van der Waals surface area contributed by atoms with Gasteiger partial charge in [0.05, 0.1) is 44.1 Å². The van der Waals surface area contributed by atoms with Gasteiger partial charge in [0, 0.05) is 90.4 Å². The Labute approximate surface area is 716 Å². The van der Waals surface area contributed by atoms with Gasteiger partial charge in [-0.2, -0.15) is 0 Å². The molecule has 8 nitrogen and oxygen atoms in total. The third-order valence-corrected chi connectivity index (χ3v) is 24.5. The van der Waals surface area contributed by atoms with Gasteiger partial charge in [0.2, 0.25) is 11.9 Å². The van der Waals surface area contributed by atoms with Gasteiger partial charge in [-0.1, -0.05) is 328 Å². The molecule has 8 heteroatoms. The lowest BCUT2D eigenvalue weighted by Crippen LogP contribution is -2.00. The van der Waals surface area contributed by atoms with Gasteiger partial charge >= 0.3 is 0 Å². The number of aromatic nitrogens is 8. The Balaban J connectivity index is 0.000000143. The van der Waals surface area contributed by atoms with E-state index in [-0.39, 0.29) is 0 Å². The van der Waals surface area contributed by atoms with Gasteiger partial charge in [-0.15, -0.1) is 0 Å². The van der Waals surface area contributed by atoms with Crippen molar-refractivity contribution in [3.05, 3.63) is 462 Å². The molecule has 0 atom stereocenters. The number of hydrogen-bond donors (Lipinski definition) is 0. The summed E-state index contributed by atoms with van der Waals surface area (Å²) in [6.45, 7) is 0. The quantitative estimate of drug-likeness (QED) is 0.109. The molecule has 0 spiro atoms. The second-order valence-corrected chi connectivity index (χ2v) is 31.7. The maximum absolute atomic E-state index is 5.04. The van der Waals surface area contributed by atoms with Crippen LogP contribution in [-0.4, -0.2) is 38.2 Å². The van der Waals surface area contributed by atoms with E-state index >= 15 is 0 Å². The highest BCUT2D eigenvalue weighted by Gasteiger charge is 2.22. The Kier molecular flexibility index (Phi) is 18.1. The maximum atomic E-state index is 5.04. The lowest BCUT2D eigenvalue weighted by molar-refractivity contribution is 0.990. The van der Waals surface area contributed by atoms with Gasteiger partial charge in [0.1, 0.15) is 0 Å². The van der Waals surface area contributed by atoms with Crippen molar-refractivity contribution in [3.63, 3.8) is 0 Å². The molecule has 0 aliphatic rings. The van der Waals surface area contributed by atoms with Gasteiger partial charge in [-0.05, 0) is 209 Å². The molecule has 0 saturated carbocycles. The highest BCUT2D eigenvalue weighted by Crippen LogP contribution is 2.44. The van der Waals surface area contributed by atoms with Crippen LogP contribution in [0.2, 0.25) is 0 Å². The third-order valence-electron chi connectivity index (χ3n) is 24.5. The van der Waals surface area contributed by atoms with Crippen LogP contribution in [-0.2, 0) is 0 Å². The fraction of sp³-hybridized carbons (Fsp3) is 0. The predicted molar refractivity (Wildman–Crippen MR) is 516 cm³/mol. The molecule has 0 fully saturated rings. The minimum atomic E-state index is 0.640. The SMILES string of the molecule is c1ccc(-c2ccc(-c3ccc(-c4cnc(-n5c6ccccc6c6cc(-c7ccc8c(c7)c7ccccc7n8-c7ccccc7)ccc65)nc4)cc3)cc2-c2ccccc2)cc1.c1ccc(-c2ccc(-c3ccc(-c4cnc(-n5c6ccccc6c6cc(-c7ccc8c(c7)c7ccccc7n8-c7ccccc7)ccc65)nc4)cc3-c3ccccc3)cc2)cc1. The number of para-hydroxylation sites is 6.